The topological polar surface area (TPSA) is 23.5 Å². The van der Waals surface area contributed by atoms with Crippen molar-refractivity contribution in [2.75, 3.05) is 4.90 Å². The summed E-state index contributed by atoms with van der Waals surface area (Å²) in [5, 5.41) is 9.99. The molecule has 0 aromatic heterocycles. The molecule has 0 radical (unpaired) electrons. The first-order valence-electron chi connectivity index (χ1n) is 9.96. The van der Waals surface area contributed by atoms with E-state index in [0.29, 0.717) is 11.8 Å². The summed E-state index contributed by atoms with van der Waals surface area (Å²) in [6.45, 7) is 2.29. The van der Waals surface area contributed by atoms with Crippen LogP contribution in [0.25, 0.3) is 0 Å². The summed E-state index contributed by atoms with van der Waals surface area (Å²) >= 11 is 0. The van der Waals surface area contributed by atoms with Gasteiger partial charge < -0.3 is 10.0 Å². The fourth-order valence-corrected chi connectivity index (χ4v) is 4.57. The maximum atomic E-state index is 9.99. The van der Waals surface area contributed by atoms with E-state index >= 15 is 0 Å². The first-order valence-corrected chi connectivity index (χ1v) is 9.96. The minimum Gasteiger partial charge on any atom is -0.508 e. The monoisotopic (exact) mass is 355 g/mol. The average molecular weight is 355 g/mol. The van der Waals surface area contributed by atoms with Gasteiger partial charge in [0, 0.05) is 11.7 Å². The van der Waals surface area contributed by atoms with Crippen LogP contribution in [0.1, 0.15) is 54.0 Å². The number of nitrogens with zero attached hydrogens (tertiary/aromatic N) is 1. The number of benzene rings is 3. The maximum Gasteiger partial charge on any atom is 0.115 e. The van der Waals surface area contributed by atoms with Crippen molar-refractivity contribution in [3.8, 4) is 5.75 Å². The van der Waals surface area contributed by atoms with Crippen molar-refractivity contribution in [2.45, 2.75) is 44.2 Å². The Balaban J connectivity index is 1.62. The first-order chi connectivity index (χ1) is 13.2. The molecule has 3 aromatic carbocycles. The van der Waals surface area contributed by atoms with Gasteiger partial charge in [0.15, 0.2) is 0 Å². The van der Waals surface area contributed by atoms with Crippen LogP contribution < -0.4 is 4.90 Å². The molecule has 0 bridgehead atoms. The van der Waals surface area contributed by atoms with Crippen molar-refractivity contribution in [3.05, 3.63) is 95.1 Å². The van der Waals surface area contributed by atoms with E-state index in [9.17, 15) is 5.11 Å². The number of anilines is 1. The van der Waals surface area contributed by atoms with Crippen LogP contribution in [0.5, 0.6) is 5.75 Å². The van der Waals surface area contributed by atoms with Crippen LogP contribution in [0.3, 0.4) is 0 Å². The van der Waals surface area contributed by atoms with Gasteiger partial charge in [0.05, 0.1) is 6.04 Å². The molecule has 1 N–H and O–H groups in total. The summed E-state index contributed by atoms with van der Waals surface area (Å²) in [7, 11) is 0. The lowest BCUT2D eigenvalue weighted by atomic mass is 9.84. The van der Waals surface area contributed by atoms with Gasteiger partial charge in [0.25, 0.3) is 0 Å². The molecule has 5 rings (SSSR count). The molecule has 1 heterocycles. The Kier molecular flexibility index (Phi) is 3.93. The van der Waals surface area contributed by atoms with Crippen molar-refractivity contribution in [2.24, 2.45) is 0 Å². The molecular formula is C25H25NO. The highest BCUT2D eigenvalue weighted by molar-refractivity contribution is 5.58. The number of phenolic OH excluding ortho intramolecular Hbond substituents is 1. The molecule has 27 heavy (non-hydrogen) atoms. The van der Waals surface area contributed by atoms with Crippen LogP contribution >= 0.6 is 0 Å². The van der Waals surface area contributed by atoms with Crippen molar-refractivity contribution in [1.82, 2.24) is 0 Å². The number of aromatic hydroxyl groups is 1. The predicted octanol–water partition coefficient (Wildman–Crippen LogP) is 5.81. The summed E-state index contributed by atoms with van der Waals surface area (Å²) < 4.78 is 0. The van der Waals surface area contributed by atoms with Gasteiger partial charge in [0.1, 0.15) is 5.75 Å². The predicted molar refractivity (Wildman–Crippen MR) is 110 cm³/mol. The summed E-state index contributed by atoms with van der Waals surface area (Å²) in [6.07, 6.45) is 3.61. The zero-order valence-electron chi connectivity index (χ0n) is 15.7. The van der Waals surface area contributed by atoms with Crippen LogP contribution in [0.4, 0.5) is 5.69 Å². The third-order valence-corrected chi connectivity index (χ3v) is 6.04. The van der Waals surface area contributed by atoms with Crippen LogP contribution in [-0.4, -0.2) is 11.1 Å². The van der Waals surface area contributed by atoms with Gasteiger partial charge in [-0.05, 0) is 78.6 Å². The molecule has 2 atom stereocenters. The molecule has 1 aliphatic carbocycles. The largest absolute Gasteiger partial charge is 0.508 e. The Morgan fingerprint density at radius 2 is 1.59 bits per heavy atom. The van der Waals surface area contributed by atoms with E-state index in [1.165, 1.54) is 40.8 Å². The number of rotatable bonds is 3. The molecular weight excluding hydrogens is 330 g/mol. The molecule has 136 valence electrons. The Labute approximate surface area is 161 Å². The van der Waals surface area contributed by atoms with Gasteiger partial charge in [-0.2, -0.15) is 0 Å². The van der Waals surface area contributed by atoms with Crippen molar-refractivity contribution in [1.29, 1.82) is 0 Å². The zero-order valence-corrected chi connectivity index (χ0v) is 15.7. The second-order valence-corrected chi connectivity index (χ2v) is 8.02. The first kappa shape index (κ1) is 16.4. The number of fused-ring (bicyclic) bond motifs is 1. The Hall–Kier alpha value is -2.74. The lowest BCUT2D eigenvalue weighted by Crippen LogP contribution is -2.42. The number of hydrogen-bond acceptors (Lipinski definition) is 2. The SMILES string of the molecule is CC1Cc2cc(O)ccc2C(c2ccccc2)N1c1ccc(C2CC2)cc1. The number of hydrogen-bond donors (Lipinski definition) is 1. The van der Waals surface area contributed by atoms with Gasteiger partial charge in [-0.15, -0.1) is 0 Å². The third kappa shape index (κ3) is 2.99. The van der Waals surface area contributed by atoms with Gasteiger partial charge >= 0.3 is 0 Å². The molecule has 3 aromatic rings. The molecule has 0 saturated heterocycles. The number of phenols is 1. The average Bonchev–Trinajstić information content (AvgIpc) is 3.53. The molecule has 1 fully saturated rings. The van der Waals surface area contributed by atoms with E-state index in [2.05, 4.69) is 72.5 Å². The smallest absolute Gasteiger partial charge is 0.115 e. The Morgan fingerprint density at radius 3 is 2.30 bits per heavy atom. The van der Waals surface area contributed by atoms with Crippen LogP contribution in [0.2, 0.25) is 0 Å². The summed E-state index contributed by atoms with van der Waals surface area (Å²) in [5.41, 5.74) is 6.59. The van der Waals surface area contributed by atoms with E-state index in [1.54, 1.807) is 0 Å². The van der Waals surface area contributed by atoms with Crippen LogP contribution in [0.15, 0.2) is 72.8 Å². The summed E-state index contributed by atoms with van der Waals surface area (Å²) in [6, 6.07) is 26.3. The normalized spacial score (nSPS) is 21.7. The lowest BCUT2D eigenvalue weighted by Gasteiger charge is -2.44. The van der Waals surface area contributed by atoms with Crippen LogP contribution in [0, 0.1) is 0 Å². The summed E-state index contributed by atoms with van der Waals surface area (Å²) in [4.78, 5) is 2.55. The molecule has 0 amide bonds. The third-order valence-electron chi connectivity index (χ3n) is 6.04. The van der Waals surface area contributed by atoms with Gasteiger partial charge in [-0.25, -0.2) is 0 Å². The zero-order chi connectivity index (χ0) is 18.4. The van der Waals surface area contributed by atoms with E-state index in [-0.39, 0.29) is 6.04 Å². The molecule has 2 nitrogen and oxygen atoms in total. The van der Waals surface area contributed by atoms with Gasteiger partial charge in [-0.1, -0.05) is 48.5 Å². The second kappa shape index (κ2) is 6.45. The quantitative estimate of drug-likeness (QED) is 0.641. The lowest BCUT2D eigenvalue weighted by molar-refractivity contribution is 0.470. The fraction of sp³-hybridized carbons (Fsp3) is 0.280. The fourth-order valence-electron chi connectivity index (χ4n) is 4.57. The Bertz CT molecular complexity index is 944. The highest BCUT2D eigenvalue weighted by Gasteiger charge is 2.34. The van der Waals surface area contributed by atoms with Crippen LogP contribution in [-0.2, 0) is 6.42 Å². The van der Waals surface area contributed by atoms with E-state index < -0.39 is 0 Å². The Morgan fingerprint density at radius 1 is 0.852 bits per heavy atom. The minimum atomic E-state index is 0.164. The highest BCUT2D eigenvalue weighted by atomic mass is 16.3. The minimum absolute atomic E-state index is 0.164. The van der Waals surface area contributed by atoms with Gasteiger partial charge in [0.2, 0.25) is 0 Å². The molecule has 1 saturated carbocycles. The molecule has 0 spiro atoms. The molecule has 2 heteroatoms. The van der Waals surface area contributed by atoms with Crippen molar-refractivity contribution >= 4 is 5.69 Å². The standard InChI is InChI=1S/C25H25NO/c1-17-15-21-16-23(27)13-14-24(21)25(20-5-3-2-4-6-20)26(17)22-11-9-19(10-12-22)18-7-8-18/h2-6,9-14,16-18,25,27H,7-8,15H2,1H3. The maximum absolute atomic E-state index is 9.99. The molecule has 2 unspecified atom stereocenters. The van der Waals surface area contributed by atoms with Crippen molar-refractivity contribution < 1.29 is 5.11 Å². The van der Waals surface area contributed by atoms with Gasteiger partial charge in [-0.3, -0.25) is 0 Å². The summed E-state index contributed by atoms with van der Waals surface area (Å²) in [5.74, 6) is 1.14. The molecule has 2 aliphatic rings. The van der Waals surface area contributed by atoms with E-state index in [1.807, 2.05) is 12.1 Å². The highest BCUT2D eigenvalue weighted by Crippen LogP contribution is 2.44. The van der Waals surface area contributed by atoms with Crippen molar-refractivity contribution in [3.63, 3.8) is 0 Å². The molecule has 1 aliphatic heterocycles. The second-order valence-electron chi connectivity index (χ2n) is 8.02. The van der Waals surface area contributed by atoms with E-state index in [0.717, 1.165) is 12.3 Å². The van der Waals surface area contributed by atoms with E-state index in [4.69, 9.17) is 0 Å².